The Balaban J connectivity index is 2.05. The van der Waals surface area contributed by atoms with Crippen LogP contribution in [0.1, 0.15) is 21.1 Å². The fourth-order valence-electron chi connectivity index (χ4n) is 2.02. The number of aromatic hydroxyl groups is 1. The summed E-state index contributed by atoms with van der Waals surface area (Å²) in [5.41, 5.74) is 6.72. The van der Waals surface area contributed by atoms with Crippen LogP contribution >= 0.6 is 11.3 Å². The van der Waals surface area contributed by atoms with E-state index in [1.165, 1.54) is 18.4 Å². The minimum atomic E-state index is -0.158. The zero-order chi connectivity index (χ0) is 16.1. The molecule has 0 atom stereocenters. The molecular weight excluding hydrogens is 302 g/mol. The summed E-state index contributed by atoms with van der Waals surface area (Å²) >= 11 is 1.44. The Hall–Kier alpha value is -2.12. The van der Waals surface area contributed by atoms with Crippen molar-refractivity contribution in [2.75, 3.05) is 20.7 Å². The highest BCUT2D eigenvalue weighted by atomic mass is 32.1. The zero-order valence-electron chi connectivity index (χ0n) is 12.6. The number of benzene rings is 1. The average Bonchev–Trinajstić information content (AvgIpc) is 2.95. The molecule has 2 rings (SSSR count). The van der Waals surface area contributed by atoms with Crippen molar-refractivity contribution in [3.63, 3.8) is 0 Å². The van der Waals surface area contributed by atoms with Gasteiger partial charge < -0.3 is 20.5 Å². The summed E-state index contributed by atoms with van der Waals surface area (Å²) in [6.07, 6.45) is 0.675. The summed E-state index contributed by atoms with van der Waals surface area (Å²) in [5.74, 6) is 0.304. The smallest absolute Gasteiger partial charge is 0.273 e. The molecule has 0 aliphatic carbocycles. The second-order valence-corrected chi connectivity index (χ2v) is 5.78. The van der Waals surface area contributed by atoms with Gasteiger partial charge in [-0.25, -0.2) is 4.98 Å². The number of nitrogens with two attached hydrogens (primary N) is 1. The van der Waals surface area contributed by atoms with Crippen LogP contribution in [0.5, 0.6) is 11.5 Å². The van der Waals surface area contributed by atoms with Crippen molar-refractivity contribution in [2.24, 2.45) is 5.73 Å². The average molecular weight is 321 g/mol. The van der Waals surface area contributed by atoms with E-state index in [-0.39, 0.29) is 11.7 Å². The van der Waals surface area contributed by atoms with E-state index >= 15 is 0 Å². The molecule has 0 aliphatic rings. The van der Waals surface area contributed by atoms with Gasteiger partial charge in [0.2, 0.25) is 0 Å². The predicted octanol–water partition coefficient (Wildman–Crippen LogP) is 1.63. The van der Waals surface area contributed by atoms with Crippen molar-refractivity contribution in [3.05, 3.63) is 39.8 Å². The third kappa shape index (κ3) is 3.75. The van der Waals surface area contributed by atoms with Crippen LogP contribution < -0.4 is 10.5 Å². The molecule has 0 unspecified atom stereocenters. The molecule has 1 aromatic carbocycles. The van der Waals surface area contributed by atoms with Crippen molar-refractivity contribution >= 4 is 17.2 Å². The van der Waals surface area contributed by atoms with Crippen LogP contribution in [-0.4, -0.2) is 41.6 Å². The second-order valence-electron chi connectivity index (χ2n) is 4.83. The molecule has 1 heterocycles. The van der Waals surface area contributed by atoms with Crippen LogP contribution in [0.15, 0.2) is 23.6 Å². The number of nitrogens with zero attached hydrogens (tertiary/aromatic N) is 2. The standard InChI is InChI=1S/C15H19N3O3S/c1-18(8-10-3-4-13(21-2)12(19)7-10)15(20)11-9-22-14(17-11)5-6-16/h3-4,7,9,19H,5-6,8,16H2,1-2H3. The van der Waals surface area contributed by atoms with E-state index in [9.17, 15) is 9.90 Å². The number of hydrogen-bond donors (Lipinski definition) is 2. The lowest BCUT2D eigenvalue weighted by Gasteiger charge is -2.16. The van der Waals surface area contributed by atoms with Gasteiger partial charge in [0.05, 0.1) is 12.1 Å². The van der Waals surface area contributed by atoms with E-state index in [4.69, 9.17) is 10.5 Å². The summed E-state index contributed by atoms with van der Waals surface area (Å²) in [6.45, 7) is 0.891. The Morgan fingerprint density at radius 2 is 2.27 bits per heavy atom. The fraction of sp³-hybridized carbons (Fsp3) is 0.333. The van der Waals surface area contributed by atoms with Crippen LogP contribution in [-0.2, 0) is 13.0 Å². The molecule has 0 bridgehead atoms. The van der Waals surface area contributed by atoms with Crippen molar-refractivity contribution in [2.45, 2.75) is 13.0 Å². The van der Waals surface area contributed by atoms with Gasteiger partial charge in [-0.2, -0.15) is 0 Å². The lowest BCUT2D eigenvalue weighted by molar-refractivity contribution is 0.0779. The molecule has 22 heavy (non-hydrogen) atoms. The van der Waals surface area contributed by atoms with E-state index in [1.807, 2.05) is 6.07 Å². The summed E-state index contributed by atoms with van der Waals surface area (Å²) in [7, 11) is 3.19. The summed E-state index contributed by atoms with van der Waals surface area (Å²) < 4.78 is 5.00. The molecule has 0 saturated heterocycles. The summed E-state index contributed by atoms with van der Waals surface area (Å²) in [5, 5.41) is 12.4. The first-order chi connectivity index (χ1) is 10.5. The molecule has 3 N–H and O–H groups in total. The number of rotatable bonds is 6. The van der Waals surface area contributed by atoms with Gasteiger partial charge >= 0.3 is 0 Å². The minimum Gasteiger partial charge on any atom is -0.504 e. The van der Waals surface area contributed by atoms with Gasteiger partial charge in [-0.15, -0.1) is 11.3 Å². The molecule has 0 radical (unpaired) electrons. The number of ether oxygens (including phenoxy) is 1. The van der Waals surface area contributed by atoms with Gasteiger partial charge in [-0.05, 0) is 24.2 Å². The molecule has 1 aromatic heterocycles. The topological polar surface area (TPSA) is 88.7 Å². The number of methoxy groups -OCH3 is 1. The number of amides is 1. The van der Waals surface area contributed by atoms with Crippen molar-refractivity contribution in [1.29, 1.82) is 0 Å². The molecule has 118 valence electrons. The van der Waals surface area contributed by atoms with Crippen LogP contribution in [0.4, 0.5) is 0 Å². The summed E-state index contributed by atoms with van der Waals surface area (Å²) in [6, 6.07) is 5.07. The number of hydrogen-bond acceptors (Lipinski definition) is 6. The van der Waals surface area contributed by atoms with Gasteiger partial charge in [0.15, 0.2) is 11.5 Å². The maximum absolute atomic E-state index is 12.3. The van der Waals surface area contributed by atoms with Gasteiger partial charge in [0, 0.05) is 25.4 Å². The predicted molar refractivity (Wildman–Crippen MR) is 85.3 cm³/mol. The Labute approximate surface area is 133 Å². The highest BCUT2D eigenvalue weighted by Gasteiger charge is 2.16. The van der Waals surface area contributed by atoms with Crippen molar-refractivity contribution in [3.8, 4) is 11.5 Å². The quantitative estimate of drug-likeness (QED) is 0.844. The van der Waals surface area contributed by atoms with E-state index in [1.54, 1.807) is 29.5 Å². The van der Waals surface area contributed by atoms with Crippen LogP contribution in [0.3, 0.4) is 0 Å². The first-order valence-electron chi connectivity index (χ1n) is 6.81. The zero-order valence-corrected chi connectivity index (χ0v) is 13.4. The Bertz CT molecular complexity index is 657. The molecule has 6 nitrogen and oxygen atoms in total. The molecule has 0 fully saturated rings. The van der Waals surface area contributed by atoms with Crippen LogP contribution in [0, 0.1) is 0 Å². The van der Waals surface area contributed by atoms with Crippen LogP contribution in [0.2, 0.25) is 0 Å². The largest absolute Gasteiger partial charge is 0.504 e. The third-order valence-corrected chi connectivity index (χ3v) is 4.05. The molecule has 0 spiro atoms. The molecule has 0 saturated carbocycles. The SMILES string of the molecule is COc1ccc(CN(C)C(=O)c2csc(CCN)n2)cc1O. The second kappa shape index (κ2) is 7.24. The number of carbonyl (C=O) groups excluding carboxylic acids is 1. The first-order valence-corrected chi connectivity index (χ1v) is 7.69. The Kier molecular flexibility index (Phi) is 5.35. The van der Waals surface area contributed by atoms with Crippen molar-refractivity contribution in [1.82, 2.24) is 9.88 Å². The van der Waals surface area contributed by atoms with E-state index < -0.39 is 0 Å². The fourth-order valence-corrected chi connectivity index (χ4v) is 2.81. The van der Waals surface area contributed by atoms with Crippen molar-refractivity contribution < 1.29 is 14.6 Å². The number of phenols is 1. The number of thiazole rings is 1. The molecule has 7 heteroatoms. The molecule has 2 aromatic rings. The maximum Gasteiger partial charge on any atom is 0.273 e. The monoisotopic (exact) mass is 321 g/mol. The molecule has 0 aliphatic heterocycles. The Morgan fingerprint density at radius 3 is 2.91 bits per heavy atom. The number of phenolic OH excluding ortho intramolecular Hbond substituents is 1. The summed E-state index contributed by atoms with van der Waals surface area (Å²) in [4.78, 5) is 18.2. The highest BCUT2D eigenvalue weighted by Crippen LogP contribution is 2.26. The van der Waals surface area contributed by atoms with Gasteiger partial charge in [-0.3, -0.25) is 4.79 Å². The lowest BCUT2D eigenvalue weighted by Crippen LogP contribution is -2.26. The minimum absolute atomic E-state index is 0.0553. The highest BCUT2D eigenvalue weighted by molar-refractivity contribution is 7.09. The van der Waals surface area contributed by atoms with Crippen LogP contribution in [0.25, 0.3) is 0 Å². The molecular formula is C15H19N3O3S. The maximum atomic E-state index is 12.3. The van der Waals surface area contributed by atoms with Gasteiger partial charge in [0.25, 0.3) is 5.91 Å². The Morgan fingerprint density at radius 1 is 1.50 bits per heavy atom. The molecule has 1 amide bonds. The van der Waals surface area contributed by atoms with E-state index in [2.05, 4.69) is 4.98 Å². The number of carbonyl (C=O) groups is 1. The van der Waals surface area contributed by atoms with E-state index in [0.29, 0.717) is 31.0 Å². The number of aromatic nitrogens is 1. The van der Waals surface area contributed by atoms with Gasteiger partial charge in [-0.1, -0.05) is 6.07 Å². The normalized spacial score (nSPS) is 10.5. The third-order valence-electron chi connectivity index (χ3n) is 3.14. The van der Waals surface area contributed by atoms with E-state index in [0.717, 1.165) is 10.6 Å². The lowest BCUT2D eigenvalue weighted by atomic mass is 10.2. The van der Waals surface area contributed by atoms with Gasteiger partial charge in [0.1, 0.15) is 5.69 Å². The first kappa shape index (κ1) is 16.3.